The van der Waals surface area contributed by atoms with Crippen LogP contribution in [0.5, 0.6) is 5.75 Å². The largest absolute Gasteiger partial charge is 0.488 e. The van der Waals surface area contributed by atoms with Crippen LogP contribution in [0.3, 0.4) is 0 Å². The first-order chi connectivity index (χ1) is 9.67. The van der Waals surface area contributed by atoms with Gasteiger partial charge in [-0.3, -0.25) is 0 Å². The van der Waals surface area contributed by atoms with Gasteiger partial charge in [0.25, 0.3) is 0 Å². The normalized spacial score (nSPS) is 24.2. The van der Waals surface area contributed by atoms with Crippen LogP contribution in [0.2, 0.25) is 5.02 Å². The lowest BCUT2D eigenvalue weighted by molar-refractivity contribution is -0.0857. The SMILES string of the molecule is CCCNC1CC(Oc2ccccc2Cl)C1(CC)CC. The molecule has 2 unspecified atom stereocenters. The molecule has 0 heterocycles. The first-order valence-electron chi connectivity index (χ1n) is 7.82. The third-order valence-electron chi connectivity index (χ3n) is 4.85. The summed E-state index contributed by atoms with van der Waals surface area (Å²) in [6.45, 7) is 7.84. The van der Waals surface area contributed by atoms with Gasteiger partial charge < -0.3 is 10.1 Å². The molecule has 3 heteroatoms. The fraction of sp³-hybridized carbons (Fsp3) is 0.647. The Hall–Kier alpha value is -0.730. The van der Waals surface area contributed by atoms with Crippen molar-refractivity contribution >= 4 is 11.6 Å². The summed E-state index contributed by atoms with van der Waals surface area (Å²) < 4.78 is 6.22. The molecule has 2 atom stereocenters. The molecule has 0 spiro atoms. The minimum absolute atomic E-state index is 0.244. The van der Waals surface area contributed by atoms with Crippen LogP contribution in [0.1, 0.15) is 46.5 Å². The second-order valence-corrected chi connectivity index (χ2v) is 6.13. The van der Waals surface area contributed by atoms with Crippen LogP contribution in [0.25, 0.3) is 0 Å². The smallest absolute Gasteiger partial charge is 0.138 e. The predicted octanol–water partition coefficient (Wildman–Crippen LogP) is 4.67. The molecule has 1 N–H and O–H groups in total. The van der Waals surface area contributed by atoms with E-state index in [9.17, 15) is 0 Å². The van der Waals surface area contributed by atoms with E-state index < -0.39 is 0 Å². The molecule has 20 heavy (non-hydrogen) atoms. The summed E-state index contributed by atoms with van der Waals surface area (Å²) in [7, 11) is 0. The number of rotatable bonds is 7. The van der Waals surface area contributed by atoms with E-state index >= 15 is 0 Å². The van der Waals surface area contributed by atoms with Gasteiger partial charge in [0, 0.05) is 17.9 Å². The van der Waals surface area contributed by atoms with Crippen LogP contribution in [-0.4, -0.2) is 18.7 Å². The number of para-hydroxylation sites is 1. The Morgan fingerprint density at radius 1 is 1.25 bits per heavy atom. The number of nitrogens with one attached hydrogen (secondary N) is 1. The first kappa shape index (κ1) is 15.7. The van der Waals surface area contributed by atoms with Gasteiger partial charge in [-0.25, -0.2) is 0 Å². The van der Waals surface area contributed by atoms with Crippen molar-refractivity contribution in [1.82, 2.24) is 5.32 Å². The molecule has 1 aromatic carbocycles. The summed E-state index contributed by atoms with van der Waals surface area (Å²) in [5.41, 5.74) is 0.244. The Balaban J connectivity index is 2.07. The van der Waals surface area contributed by atoms with E-state index in [1.807, 2.05) is 24.3 Å². The molecule has 2 nitrogen and oxygen atoms in total. The molecule has 1 fully saturated rings. The van der Waals surface area contributed by atoms with E-state index in [1.54, 1.807) is 0 Å². The summed E-state index contributed by atoms with van der Waals surface area (Å²) in [6.07, 6.45) is 4.80. The molecule has 1 saturated carbocycles. The quantitative estimate of drug-likeness (QED) is 0.789. The molecule has 0 aromatic heterocycles. The molecule has 1 aliphatic rings. The van der Waals surface area contributed by atoms with Gasteiger partial charge in [-0.2, -0.15) is 0 Å². The van der Waals surface area contributed by atoms with Crippen LogP contribution < -0.4 is 10.1 Å². The highest BCUT2D eigenvalue weighted by Crippen LogP contribution is 2.49. The van der Waals surface area contributed by atoms with E-state index in [2.05, 4.69) is 26.1 Å². The molecule has 0 saturated heterocycles. The average Bonchev–Trinajstić information content (AvgIpc) is 2.45. The van der Waals surface area contributed by atoms with E-state index in [4.69, 9.17) is 16.3 Å². The predicted molar refractivity (Wildman–Crippen MR) is 85.6 cm³/mol. The third-order valence-corrected chi connectivity index (χ3v) is 5.16. The van der Waals surface area contributed by atoms with E-state index in [0.29, 0.717) is 11.1 Å². The maximum Gasteiger partial charge on any atom is 0.138 e. The number of hydrogen-bond acceptors (Lipinski definition) is 2. The number of hydrogen-bond donors (Lipinski definition) is 1. The molecule has 0 radical (unpaired) electrons. The lowest BCUT2D eigenvalue weighted by Crippen LogP contribution is -2.64. The van der Waals surface area contributed by atoms with Gasteiger partial charge in [0.1, 0.15) is 11.9 Å². The maximum atomic E-state index is 6.22. The summed E-state index contributed by atoms with van der Waals surface area (Å²) >= 11 is 6.21. The standard InChI is InChI=1S/C17H26ClNO/c1-4-11-19-15-12-16(17(15,5-2)6-3)20-14-10-8-7-9-13(14)18/h7-10,15-16,19H,4-6,11-12H2,1-3H3. The molecule has 0 bridgehead atoms. The lowest BCUT2D eigenvalue weighted by Gasteiger charge is -2.55. The van der Waals surface area contributed by atoms with Crippen LogP contribution in [0.15, 0.2) is 24.3 Å². The fourth-order valence-electron chi connectivity index (χ4n) is 3.41. The van der Waals surface area contributed by atoms with Crippen LogP contribution in [-0.2, 0) is 0 Å². The third kappa shape index (κ3) is 2.82. The lowest BCUT2D eigenvalue weighted by atomic mass is 9.58. The van der Waals surface area contributed by atoms with E-state index in [1.165, 1.54) is 6.42 Å². The summed E-state index contributed by atoms with van der Waals surface area (Å²) in [4.78, 5) is 0. The Morgan fingerprint density at radius 3 is 2.55 bits per heavy atom. The highest BCUT2D eigenvalue weighted by molar-refractivity contribution is 6.32. The maximum absolute atomic E-state index is 6.22. The van der Waals surface area contributed by atoms with Gasteiger partial charge in [0.15, 0.2) is 0 Å². The van der Waals surface area contributed by atoms with E-state index in [-0.39, 0.29) is 11.5 Å². The zero-order valence-corrected chi connectivity index (χ0v) is 13.5. The molecule has 2 rings (SSSR count). The monoisotopic (exact) mass is 295 g/mol. The zero-order chi connectivity index (χ0) is 14.6. The fourth-order valence-corrected chi connectivity index (χ4v) is 3.59. The molecule has 1 aromatic rings. The molecule has 112 valence electrons. The van der Waals surface area contributed by atoms with Gasteiger partial charge in [0.2, 0.25) is 0 Å². The van der Waals surface area contributed by atoms with Gasteiger partial charge in [0.05, 0.1) is 5.02 Å². The van der Waals surface area contributed by atoms with Crippen molar-refractivity contribution in [2.45, 2.75) is 58.6 Å². The van der Waals surface area contributed by atoms with Gasteiger partial charge in [-0.05, 0) is 37.9 Å². The Kier molecular flexibility index (Phi) is 5.34. The topological polar surface area (TPSA) is 21.3 Å². The minimum Gasteiger partial charge on any atom is -0.488 e. The Bertz CT molecular complexity index is 431. The Morgan fingerprint density at radius 2 is 1.95 bits per heavy atom. The van der Waals surface area contributed by atoms with Crippen molar-refractivity contribution in [1.29, 1.82) is 0 Å². The van der Waals surface area contributed by atoms with Gasteiger partial charge in [-0.15, -0.1) is 0 Å². The van der Waals surface area contributed by atoms with Crippen molar-refractivity contribution in [3.05, 3.63) is 29.3 Å². The number of benzene rings is 1. The summed E-state index contributed by atoms with van der Waals surface area (Å²) in [5, 5.41) is 4.39. The number of halogens is 1. The second kappa shape index (κ2) is 6.82. The highest BCUT2D eigenvalue weighted by Gasteiger charge is 2.54. The van der Waals surface area contributed by atoms with Crippen molar-refractivity contribution in [3.8, 4) is 5.75 Å². The summed E-state index contributed by atoms with van der Waals surface area (Å²) in [5.74, 6) is 0.819. The van der Waals surface area contributed by atoms with Crippen molar-refractivity contribution in [2.75, 3.05) is 6.54 Å². The van der Waals surface area contributed by atoms with Crippen LogP contribution >= 0.6 is 11.6 Å². The van der Waals surface area contributed by atoms with Crippen LogP contribution in [0.4, 0.5) is 0 Å². The minimum atomic E-state index is 0.244. The molecular formula is C17H26ClNO. The molecule has 0 amide bonds. The molecule has 1 aliphatic carbocycles. The summed E-state index contributed by atoms with van der Waals surface area (Å²) in [6, 6.07) is 8.35. The van der Waals surface area contributed by atoms with Crippen molar-refractivity contribution in [3.63, 3.8) is 0 Å². The van der Waals surface area contributed by atoms with Gasteiger partial charge >= 0.3 is 0 Å². The molecular weight excluding hydrogens is 270 g/mol. The van der Waals surface area contributed by atoms with Crippen molar-refractivity contribution < 1.29 is 4.74 Å². The Labute approximate surface area is 127 Å². The van der Waals surface area contributed by atoms with E-state index in [0.717, 1.165) is 31.6 Å². The average molecular weight is 296 g/mol. The second-order valence-electron chi connectivity index (χ2n) is 5.72. The van der Waals surface area contributed by atoms with Crippen LogP contribution in [0, 0.1) is 5.41 Å². The van der Waals surface area contributed by atoms with Crippen molar-refractivity contribution in [2.24, 2.45) is 5.41 Å². The highest BCUT2D eigenvalue weighted by atomic mass is 35.5. The molecule has 0 aliphatic heterocycles. The van der Waals surface area contributed by atoms with Gasteiger partial charge in [-0.1, -0.05) is 44.5 Å². The zero-order valence-electron chi connectivity index (χ0n) is 12.8. The first-order valence-corrected chi connectivity index (χ1v) is 8.20. The number of ether oxygens (including phenoxy) is 1.